The number of rotatable bonds is 5. The molecule has 94 valence electrons. The van der Waals surface area contributed by atoms with Gasteiger partial charge in [0, 0.05) is 33.4 Å². The third-order valence-corrected chi connectivity index (χ3v) is 2.68. The molecule has 3 N–H and O–H groups in total. The van der Waals surface area contributed by atoms with E-state index < -0.39 is 0 Å². The summed E-state index contributed by atoms with van der Waals surface area (Å²) < 4.78 is 0. The number of carbonyl (C=O) groups excluding carboxylic acids is 1. The number of hydrogen-bond acceptors (Lipinski definition) is 4. The lowest BCUT2D eigenvalue weighted by Gasteiger charge is -2.21. The van der Waals surface area contributed by atoms with Crippen LogP contribution in [0, 0.1) is 5.92 Å². The van der Waals surface area contributed by atoms with E-state index in [2.05, 4.69) is 10.3 Å². The third-order valence-electron chi connectivity index (χ3n) is 2.68. The Balaban J connectivity index is 2.68. The molecule has 17 heavy (non-hydrogen) atoms. The highest BCUT2D eigenvalue weighted by Gasteiger charge is 2.14. The average molecular weight is 236 g/mol. The minimum atomic E-state index is -0.0756. The first-order chi connectivity index (χ1) is 8.08. The first-order valence-corrected chi connectivity index (χ1v) is 5.66. The minimum Gasteiger partial charge on any atom is -0.359 e. The van der Waals surface area contributed by atoms with Crippen LogP contribution >= 0.6 is 0 Å². The van der Waals surface area contributed by atoms with Crippen molar-refractivity contribution in [2.45, 2.75) is 13.5 Å². The Morgan fingerprint density at radius 1 is 1.65 bits per heavy atom. The van der Waals surface area contributed by atoms with Crippen LogP contribution in [0.15, 0.2) is 18.3 Å². The second-order valence-corrected chi connectivity index (χ2v) is 4.12. The van der Waals surface area contributed by atoms with Crippen molar-refractivity contribution < 1.29 is 4.79 Å². The topological polar surface area (TPSA) is 71.2 Å². The maximum atomic E-state index is 11.4. The molecule has 0 aliphatic heterocycles. The molecule has 1 aromatic heterocycles. The van der Waals surface area contributed by atoms with Crippen molar-refractivity contribution in [3.8, 4) is 0 Å². The van der Waals surface area contributed by atoms with Crippen molar-refractivity contribution in [3.63, 3.8) is 0 Å². The molecule has 0 aromatic carbocycles. The summed E-state index contributed by atoms with van der Waals surface area (Å²) in [5.74, 6) is 0.795. The summed E-state index contributed by atoms with van der Waals surface area (Å²) in [7, 11) is 3.56. The molecule has 0 spiro atoms. The summed E-state index contributed by atoms with van der Waals surface area (Å²) in [6.45, 7) is 3.01. The first kappa shape index (κ1) is 13.4. The van der Waals surface area contributed by atoms with E-state index in [1.54, 1.807) is 13.2 Å². The molecule has 0 saturated carbocycles. The van der Waals surface area contributed by atoms with Gasteiger partial charge in [-0.05, 0) is 17.7 Å². The SMILES string of the molecule is CNC(=O)C(C)CN(C)c1cc(CN)ccn1. The van der Waals surface area contributed by atoms with Crippen molar-refractivity contribution in [2.75, 3.05) is 25.5 Å². The Morgan fingerprint density at radius 2 is 2.35 bits per heavy atom. The molecule has 1 rings (SSSR count). The van der Waals surface area contributed by atoms with Gasteiger partial charge < -0.3 is 16.0 Å². The number of nitrogens with zero attached hydrogens (tertiary/aromatic N) is 2. The number of aromatic nitrogens is 1. The number of nitrogens with two attached hydrogens (primary N) is 1. The predicted molar refractivity (Wildman–Crippen MR) is 68.6 cm³/mol. The lowest BCUT2D eigenvalue weighted by atomic mass is 10.1. The second kappa shape index (κ2) is 6.20. The van der Waals surface area contributed by atoms with Crippen molar-refractivity contribution >= 4 is 11.7 Å². The zero-order valence-corrected chi connectivity index (χ0v) is 10.6. The normalized spacial score (nSPS) is 12.0. The van der Waals surface area contributed by atoms with E-state index in [0.717, 1.165) is 11.4 Å². The molecule has 1 aromatic rings. The Hall–Kier alpha value is -1.62. The highest BCUT2D eigenvalue weighted by molar-refractivity contribution is 5.78. The molecule has 0 bridgehead atoms. The van der Waals surface area contributed by atoms with Crippen LogP contribution in [0.5, 0.6) is 0 Å². The fourth-order valence-electron chi connectivity index (χ4n) is 1.63. The molecule has 0 saturated heterocycles. The maximum absolute atomic E-state index is 11.4. The quantitative estimate of drug-likeness (QED) is 0.774. The van der Waals surface area contributed by atoms with Crippen LogP contribution in [-0.4, -0.2) is 31.5 Å². The molecule has 0 radical (unpaired) electrons. The Labute approximate surface area is 102 Å². The van der Waals surface area contributed by atoms with Gasteiger partial charge in [-0.1, -0.05) is 6.92 Å². The van der Waals surface area contributed by atoms with Gasteiger partial charge >= 0.3 is 0 Å². The van der Waals surface area contributed by atoms with Gasteiger partial charge in [-0.15, -0.1) is 0 Å². The van der Waals surface area contributed by atoms with Crippen LogP contribution in [0.3, 0.4) is 0 Å². The van der Waals surface area contributed by atoms with Crippen molar-refractivity contribution in [1.82, 2.24) is 10.3 Å². The number of hydrogen-bond donors (Lipinski definition) is 2. The largest absolute Gasteiger partial charge is 0.359 e. The second-order valence-electron chi connectivity index (χ2n) is 4.12. The van der Waals surface area contributed by atoms with Gasteiger partial charge in [-0.2, -0.15) is 0 Å². The zero-order chi connectivity index (χ0) is 12.8. The minimum absolute atomic E-state index is 0.0341. The number of anilines is 1. The molecule has 1 unspecified atom stereocenters. The average Bonchev–Trinajstić information content (AvgIpc) is 2.37. The monoisotopic (exact) mass is 236 g/mol. The van der Waals surface area contributed by atoms with E-state index >= 15 is 0 Å². The fraction of sp³-hybridized carbons (Fsp3) is 0.500. The van der Waals surface area contributed by atoms with Crippen LogP contribution in [0.2, 0.25) is 0 Å². The van der Waals surface area contributed by atoms with Crippen molar-refractivity contribution in [1.29, 1.82) is 0 Å². The molecule has 1 heterocycles. The lowest BCUT2D eigenvalue weighted by Crippen LogP contribution is -2.34. The molecular weight excluding hydrogens is 216 g/mol. The van der Waals surface area contributed by atoms with Crippen LogP contribution in [-0.2, 0) is 11.3 Å². The fourth-order valence-corrected chi connectivity index (χ4v) is 1.63. The van der Waals surface area contributed by atoms with E-state index in [4.69, 9.17) is 5.73 Å². The Morgan fingerprint density at radius 3 is 2.94 bits per heavy atom. The van der Waals surface area contributed by atoms with Crippen LogP contribution in [0.25, 0.3) is 0 Å². The van der Waals surface area contributed by atoms with E-state index in [1.165, 1.54) is 0 Å². The van der Waals surface area contributed by atoms with Gasteiger partial charge in [0.2, 0.25) is 5.91 Å². The number of nitrogens with one attached hydrogen (secondary N) is 1. The summed E-state index contributed by atoms with van der Waals surface area (Å²) in [5, 5.41) is 2.64. The maximum Gasteiger partial charge on any atom is 0.224 e. The Bertz CT molecular complexity index is 381. The molecule has 1 atom stereocenters. The zero-order valence-electron chi connectivity index (χ0n) is 10.6. The van der Waals surface area contributed by atoms with Gasteiger partial charge in [-0.3, -0.25) is 4.79 Å². The van der Waals surface area contributed by atoms with Gasteiger partial charge in [0.25, 0.3) is 0 Å². The van der Waals surface area contributed by atoms with Gasteiger partial charge in [0.15, 0.2) is 0 Å². The van der Waals surface area contributed by atoms with Gasteiger partial charge in [0.1, 0.15) is 5.82 Å². The highest BCUT2D eigenvalue weighted by atomic mass is 16.1. The van der Waals surface area contributed by atoms with E-state index in [-0.39, 0.29) is 11.8 Å². The number of pyridine rings is 1. The summed E-state index contributed by atoms with van der Waals surface area (Å²) in [6.07, 6.45) is 1.73. The van der Waals surface area contributed by atoms with E-state index in [9.17, 15) is 4.79 Å². The highest BCUT2D eigenvalue weighted by Crippen LogP contribution is 2.12. The van der Waals surface area contributed by atoms with Crippen LogP contribution in [0.4, 0.5) is 5.82 Å². The number of amides is 1. The summed E-state index contributed by atoms with van der Waals surface area (Å²) >= 11 is 0. The number of carbonyl (C=O) groups is 1. The molecule has 0 fully saturated rings. The standard InChI is InChI=1S/C12H20N4O/c1-9(12(17)14-2)8-16(3)11-6-10(7-13)4-5-15-11/h4-6,9H,7-8,13H2,1-3H3,(H,14,17). The van der Waals surface area contributed by atoms with Crippen molar-refractivity contribution in [3.05, 3.63) is 23.9 Å². The summed E-state index contributed by atoms with van der Waals surface area (Å²) in [4.78, 5) is 17.6. The molecule has 0 aliphatic carbocycles. The molecular formula is C12H20N4O. The van der Waals surface area contributed by atoms with E-state index in [0.29, 0.717) is 13.1 Å². The molecule has 1 amide bonds. The molecule has 5 nitrogen and oxygen atoms in total. The molecule has 5 heteroatoms. The summed E-state index contributed by atoms with van der Waals surface area (Å²) in [6, 6.07) is 3.83. The van der Waals surface area contributed by atoms with Crippen molar-refractivity contribution in [2.24, 2.45) is 11.7 Å². The predicted octanol–water partition coefficient (Wildman–Crippen LogP) is 0.359. The van der Waals surface area contributed by atoms with Crippen LogP contribution < -0.4 is 16.0 Å². The Kier molecular flexibility index (Phi) is 4.90. The lowest BCUT2D eigenvalue weighted by molar-refractivity contribution is -0.123. The van der Waals surface area contributed by atoms with Crippen LogP contribution in [0.1, 0.15) is 12.5 Å². The third kappa shape index (κ3) is 3.71. The van der Waals surface area contributed by atoms with Gasteiger partial charge in [-0.25, -0.2) is 4.98 Å². The van der Waals surface area contributed by atoms with E-state index in [1.807, 2.05) is 31.0 Å². The first-order valence-electron chi connectivity index (χ1n) is 5.66. The molecule has 0 aliphatic rings. The summed E-state index contributed by atoms with van der Waals surface area (Å²) in [5.41, 5.74) is 6.62. The van der Waals surface area contributed by atoms with Gasteiger partial charge in [0.05, 0.1) is 5.92 Å². The smallest absolute Gasteiger partial charge is 0.224 e.